The molecule has 0 fully saturated rings. The molecule has 1 unspecified atom stereocenters. The van der Waals surface area contributed by atoms with Crippen LogP contribution in [0, 0.1) is 5.82 Å². The topological polar surface area (TPSA) is 34.9 Å². The number of nitrogens with zero attached hydrogens (tertiary/aromatic N) is 2. The number of ketones is 1. The molecule has 0 N–H and O–H groups in total. The van der Waals surface area contributed by atoms with Gasteiger partial charge in [0, 0.05) is 17.4 Å². The number of aromatic nitrogens is 2. The number of carbonyl (C=O) groups excluding carboxylic acids is 1. The summed E-state index contributed by atoms with van der Waals surface area (Å²) in [7, 11) is 0. The number of Topliss-reactive ketones (excluding diaryl/α,β-unsaturated/α-hetero) is 1. The Kier molecular flexibility index (Phi) is 4.32. The van der Waals surface area contributed by atoms with E-state index in [2.05, 4.69) is 5.10 Å². The summed E-state index contributed by atoms with van der Waals surface area (Å²) < 4.78 is 15.2. The van der Waals surface area contributed by atoms with Gasteiger partial charge in [-0.25, -0.2) is 4.39 Å². The van der Waals surface area contributed by atoms with Gasteiger partial charge in [0.15, 0.2) is 5.78 Å². The van der Waals surface area contributed by atoms with Gasteiger partial charge in [-0.2, -0.15) is 5.10 Å². The number of hydrogen-bond acceptors (Lipinski definition) is 2. The first-order valence-electron chi connectivity index (χ1n) is 8.48. The fourth-order valence-electron chi connectivity index (χ4n) is 3.19. The Bertz CT molecular complexity index is 1040. The molecule has 3 nitrogen and oxygen atoms in total. The van der Waals surface area contributed by atoms with E-state index in [1.165, 1.54) is 12.1 Å². The van der Waals surface area contributed by atoms with Crippen molar-refractivity contribution in [1.29, 1.82) is 0 Å². The molecule has 0 saturated carbocycles. The first-order valence-corrected chi connectivity index (χ1v) is 8.48. The van der Waals surface area contributed by atoms with Crippen LogP contribution in [0.25, 0.3) is 10.9 Å². The predicted octanol–water partition coefficient (Wildman–Crippen LogP) is 5.04. The molecule has 4 rings (SSSR count). The van der Waals surface area contributed by atoms with Crippen LogP contribution >= 0.6 is 0 Å². The average Bonchev–Trinajstić information content (AvgIpc) is 3.11. The molecule has 0 radical (unpaired) electrons. The summed E-state index contributed by atoms with van der Waals surface area (Å²) in [5.74, 6) is -0.272. The largest absolute Gasteiger partial charge is 0.294 e. The van der Waals surface area contributed by atoms with Gasteiger partial charge >= 0.3 is 0 Å². The number of carbonyl (C=O) groups is 1. The Morgan fingerprint density at radius 3 is 2.38 bits per heavy atom. The SMILES string of the molecule is O=C(CC(c1ccc(F)cc1)n1ncc2ccccc21)c1ccccc1. The minimum Gasteiger partial charge on any atom is -0.294 e. The molecule has 0 aliphatic heterocycles. The summed E-state index contributed by atoms with van der Waals surface area (Å²) in [6, 6.07) is 23.0. The Balaban J connectivity index is 1.77. The van der Waals surface area contributed by atoms with E-state index in [0.29, 0.717) is 5.56 Å². The van der Waals surface area contributed by atoms with Crippen molar-refractivity contribution >= 4 is 16.7 Å². The highest BCUT2D eigenvalue weighted by atomic mass is 19.1. The normalized spacial score (nSPS) is 12.2. The highest BCUT2D eigenvalue weighted by molar-refractivity contribution is 5.96. The van der Waals surface area contributed by atoms with Crippen LogP contribution in [0.3, 0.4) is 0 Å². The molecule has 128 valence electrons. The van der Waals surface area contributed by atoms with Crippen LogP contribution in [0.2, 0.25) is 0 Å². The summed E-state index contributed by atoms with van der Waals surface area (Å²) in [5.41, 5.74) is 2.46. The number of benzene rings is 3. The van der Waals surface area contributed by atoms with Gasteiger partial charge in [-0.15, -0.1) is 0 Å². The number of rotatable bonds is 5. The second-order valence-corrected chi connectivity index (χ2v) is 6.21. The average molecular weight is 344 g/mol. The van der Waals surface area contributed by atoms with Gasteiger partial charge in [-0.1, -0.05) is 60.7 Å². The number of halogens is 1. The summed E-state index contributed by atoms with van der Waals surface area (Å²) in [4.78, 5) is 12.8. The molecule has 0 bridgehead atoms. The van der Waals surface area contributed by atoms with Gasteiger partial charge < -0.3 is 0 Å². The monoisotopic (exact) mass is 344 g/mol. The van der Waals surface area contributed by atoms with Crippen LogP contribution in [0.5, 0.6) is 0 Å². The maximum absolute atomic E-state index is 13.4. The zero-order valence-corrected chi connectivity index (χ0v) is 14.0. The molecule has 0 spiro atoms. The van der Waals surface area contributed by atoms with Crippen molar-refractivity contribution in [2.75, 3.05) is 0 Å². The van der Waals surface area contributed by atoms with Crippen molar-refractivity contribution in [2.45, 2.75) is 12.5 Å². The molecule has 1 heterocycles. The molecule has 26 heavy (non-hydrogen) atoms. The molecule has 1 atom stereocenters. The van der Waals surface area contributed by atoms with Crippen LogP contribution in [0.15, 0.2) is 85.1 Å². The summed E-state index contributed by atoms with van der Waals surface area (Å²) >= 11 is 0. The second-order valence-electron chi connectivity index (χ2n) is 6.21. The maximum Gasteiger partial charge on any atom is 0.165 e. The third-order valence-electron chi connectivity index (χ3n) is 4.53. The predicted molar refractivity (Wildman–Crippen MR) is 99.7 cm³/mol. The molecular formula is C22H17FN2O. The van der Waals surface area contributed by atoms with E-state index in [1.807, 2.05) is 59.3 Å². The molecule has 4 heteroatoms. The lowest BCUT2D eigenvalue weighted by Gasteiger charge is -2.19. The molecule has 3 aromatic carbocycles. The summed E-state index contributed by atoms with van der Waals surface area (Å²) in [6.07, 6.45) is 2.04. The van der Waals surface area contributed by atoms with E-state index in [0.717, 1.165) is 16.5 Å². The first-order chi connectivity index (χ1) is 12.7. The second kappa shape index (κ2) is 6.92. The van der Waals surface area contributed by atoms with Gasteiger partial charge in [-0.3, -0.25) is 9.48 Å². The highest BCUT2D eigenvalue weighted by Gasteiger charge is 2.21. The van der Waals surface area contributed by atoms with Crippen LogP contribution in [-0.2, 0) is 0 Å². The van der Waals surface area contributed by atoms with E-state index in [4.69, 9.17) is 0 Å². The van der Waals surface area contributed by atoms with E-state index >= 15 is 0 Å². The molecule has 0 aliphatic rings. The van der Waals surface area contributed by atoms with Crippen molar-refractivity contribution < 1.29 is 9.18 Å². The Labute approximate surface area is 150 Å². The van der Waals surface area contributed by atoms with Crippen molar-refractivity contribution in [3.8, 4) is 0 Å². The van der Waals surface area contributed by atoms with Crippen molar-refractivity contribution in [3.05, 3.63) is 102 Å². The van der Waals surface area contributed by atoms with Gasteiger partial charge in [0.25, 0.3) is 0 Å². The Morgan fingerprint density at radius 1 is 0.923 bits per heavy atom. The Morgan fingerprint density at radius 2 is 1.62 bits per heavy atom. The summed E-state index contributed by atoms with van der Waals surface area (Å²) in [5, 5.41) is 5.52. The van der Waals surface area contributed by atoms with Crippen molar-refractivity contribution in [1.82, 2.24) is 9.78 Å². The fraction of sp³-hybridized carbons (Fsp3) is 0.0909. The van der Waals surface area contributed by atoms with E-state index < -0.39 is 0 Å². The number of hydrogen-bond donors (Lipinski definition) is 0. The van der Waals surface area contributed by atoms with Crippen LogP contribution in [0.4, 0.5) is 4.39 Å². The fourth-order valence-corrected chi connectivity index (χ4v) is 3.19. The van der Waals surface area contributed by atoms with Crippen LogP contribution in [-0.4, -0.2) is 15.6 Å². The first kappa shape index (κ1) is 16.2. The summed E-state index contributed by atoms with van der Waals surface area (Å²) in [6.45, 7) is 0. The van der Waals surface area contributed by atoms with Gasteiger partial charge in [0.05, 0.1) is 17.8 Å². The molecule has 1 aromatic heterocycles. The standard InChI is InChI=1S/C22H17FN2O/c23-19-12-10-16(11-13-19)21(14-22(26)17-6-2-1-3-7-17)25-20-9-5-4-8-18(20)15-24-25/h1-13,15,21H,14H2. The van der Waals surface area contributed by atoms with E-state index in [9.17, 15) is 9.18 Å². The third kappa shape index (κ3) is 3.14. The van der Waals surface area contributed by atoms with Crippen LogP contribution in [0.1, 0.15) is 28.4 Å². The zero-order valence-electron chi connectivity index (χ0n) is 14.0. The molecular weight excluding hydrogens is 327 g/mol. The lowest BCUT2D eigenvalue weighted by atomic mass is 9.97. The molecule has 0 saturated heterocycles. The van der Waals surface area contributed by atoms with Gasteiger partial charge in [0.1, 0.15) is 5.82 Å². The van der Waals surface area contributed by atoms with Crippen LogP contribution < -0.4 is 0 Å². The minimum atomic E-state index is -0.303. The quantitative estimate of drug-likeness (QED) is 0.476. The van der Waals surface area contributed by atoms with Crippen molar-refractivity contribution in [3.63, 3.8) is 0 Å². The lowest BCUT2D eigenvalue weighted by molar-refractivity contribution is 0.0968. The molecule has 0 aliphatic carbocycles. The van der Waals surface area contributed by atoms with E-state index in [1.54, 1.807) is 18.3 Å². The highest BCUT2D eigenvalue weighted by Crippen LogP contribution is 2.27. The molecule has 0 amide bonds. The number of para-hydroxylation sites is 1. The smallest absolute Gasteiger partial charge is 0.165 e. The van der Waals surface area contributed by atoms with Gasteiger partial charge in [-0.05, 0) is 23.8 Å². The number of fused-ring (bicyclic) bond motifs is 1. The van der Waals surface area contributed by atoms with E-state index in [-0.39, 0.29) is 24.1 Å². The lowest BCUT2D eigenvalue weighted by Crippen LogP contribution is -2.17. The van der Waals surface area contributed by atoms with Crippen molar-refractivity contribution in [2.24, 2.45) is 0 Å². The minimum absolute atomic E-state index is 0.0273. The Hall–Kier alpha value is -3.27. The molecule has 4 aromatic rings. The zero-order chi connectivity index (χ0) is 17.9. The van der Waals surface area contributed by atoms with Gasteiger partial charge in [0.2, 0.25) is 0 Å². The maximum atomic E-state index is 13.4. The third-order valence-corrected chi connectivity index (χ3v) is 4.53.